The van der Waals surface area contributed by atoms with Crippen LogP contribution in [0, 0.1) is 11.8 Å². The summed E-state index contributed by atoms with van der Waals surface area (Å²) in [6, 6.07) is 86.7. The highest BCUT2D eigenvalue weighted by Gasteiger charge is 2.58. The highest BCUT2D eigenvalue weighted by Crippen LogP contribution is 2.66. The molecule has 4 bridgehead atoms. The highest BCUT2D eigenvalue weighted by atomic mass is 15.0. The second-order valence-corrected chi connectivity index (χ2v) is 21.1. The van der Waals surface area contributed by atoms with Crippen molar-refractivity contribution in [2.24, 2.45) is 11.8 Å². The lowest BCUT2D eigenvalue weighted by Gasteiger charge is -2.63. The van der Waals surface area contributed by atoms with Crippen molar-refractivity contribution >= 4 is 21.5 Å². The Balaban J connectivity index is 0.825. The quantitative estimate of drug-likeness (QED) is 0.135. The summed E-state index contributed by atoms with van der Waals surface area (Å²) in [5.74, 6) is 3.48. The van der Waals surface area contributed by atoms with Crippen LogP contribution >= 0.6 is 0 Å². The van der Waals surface area contributed by atoms with Gasteiger partial charge < -0.3 is 0 Å². The summed E-state index contributed by atoms with van der Waals surface area (Å²) in [7, 11) is 0. The molecule has 0 aliphatic heterocycles. The Labute approximate surface area is 422 Å². The highest BCUT2D eigenvalue weighted by molar-refractivity contribution is 6.21. The van der Waals surface area contributed by atoms with Crippen LogP contribution in [0.5, 0.6) is 0 Å². The van der Waals surface area contributed by atoms with Crippen LogP contribution in [0.25, 0.3) is 100 Å². The molecule has 0 spiro atoms. The molecule has 3 heteroatoms. The lowest BCUT2D eigenvalue weighted by molar-refractivity contribution is -0.0280. The molecule has 0 saturated heterocycles. The van der Waals surface area contributed by atoms with Gasteiger partial charge in [-0.25, -0.2) is 15.0 Å². The Morgan fingerprint density at radius 2 is 0.667 bits per heavy atom. The zero-order valence-corrected chi connectivity index (χ0v) is 40.3. The first-order valence-electron chi connectivity index (χ1n) is 25.8. The molecule has 0 radical (unpaired) electrons. The van der Waals surface area contributed by atoms with Crippen LogP contribution < -0.4 is 0 Å². The van der Waals surface area contributed by atoms with Gasteiger partial charge in [-0.1, -0.05) is 224 Å². The molecular formula is C69H53N3. The molecule has 72 heavy (non-hydrogen) atoms. The predicted octanol–water partition coefficient (Wildman–Crippen LogP) is 17.6. The van der Waals surface area contributed by atoms with E-state index in [4.69, 9.17) is 15.0 Å². The van der Waals surface area contributed by atoms with E-state index >= 15 is 0 Å². The van der Waals surface area contributed by atoms with E-state index in [9.17, 15) is 0 Å². The number of hydrogen-bond acceptors (Lipinski definition) is 3. The van der Waals surface area contributed by atoms with Gasteiger partial charge >= 0.3 is 0 Å². The maximum Gasteiger partial charge on any atom is 0.164 e. The Bertz CT molecular complexity index is 3720. The predicted molar refractivity (Wildman–Crippen MR) is 297 cm³/mol. The van der Waals surface area contributed by atoms with Crippen LogP contribution in [0.2, 0.25) is 0 Å². The van der Waals surface area contributed by atoms with Crippen molar-refractivity contribution in [3.63, 3.8) is 0 Å². The van der Waals surface area contributed by atoms with E-state index in [1.807, 2.05) is 36.4 Å². The van der Waals surface area contributed by atoms with E-state index < -0.39 is 0 Å². The van der Waals surface area contributed by atoms with Gasteiger partial charge in [0.1, 0.15) is 0 Å². The number of rotatable bonds is 9. The van der Waals surface area contributed by atoms with Crippen molar-refractivity contribution in [2.45, 2.75) is 49.4 Å². The van der Waals surface area contributed by atoms with Crippen LogP contribution in [-0.2, 0) is 10.8 Å². The maximum absolute atomic E-state index is 5.04. The van der Waals surface area contributed by atoms with Gasteiger partial charge in [0.15, 0.2) is 17.5 Å². The molecule has 10 aromatic carbocycles. The molecule has 4 aliphatic rings. The van der Waals surface area contributed by atoms with Crippen LogP contribution in [0.1, 0.15) is 49.7 Å². The third kappa shape index (κ3) is 7.37. The minimum atomic E-state index is 0.143. The summed E-state index contributed by atoms with van der Waals surface area (Å²) < 4.78 is 0. The zero-order chi connectivity index (χ0) is 47.6. The normalized spacial score (nSPS) is 20.0. The second-order valence-electron chi connectivity index (χ2n) is 21.1. The van der Waals surface area contributed by atoms with Crippen LogP contribution in [0.15, 0.2) is 237 Å². The summed E-state index contributed by atoms with van der Waals surface area (Å²) >= 11 is 0. The molecule has 11 aromatic rings. The van der Waals surface area contributed by atoms with Gasteiger partial charge in [0, 0.05) is 16.7 Å². The van der Waals surface area contributed by atoms with Crippen LogP contribution in [-0.4, -0.2) is 15.0 Å². The van der Waals surface area contributed by atoms with Crippen LogP contribution in [0.3, 0.4) is 0 Å². The molecule has 4 fully saturated rings. The first kappa shape index (κ1) is 42.6. The first-order valence-corrected chi connectivity index (χ1v) is 25.8. The number of hydrogen-bond donors (Lipinski definition) is 0. The molecule has 2 unspecified atom stereocenters. The van der Waals surface area contributed by atoms with Crippen LogP contribution in [0.4, 0.5) is 0 Å². The lowest BCUT2D eigenvalue weighted by Crippen LogP contribution is -2.55. The summed E-state index contributed by atoms with van der Waals surface area (Å²) in [5, 5.41) is 5.34. The van der Waals surface area contributed by atoms with Gasteiger partial charge in [-0.2, -0.15) is 0 Å². The molecule has 4 saturated carbocycles. The SMILES string of the molecule is c1ccc(-c2ccc(-c3c(-c4ccccc4)c4ccccc4c4cc(C56CC7CC(CC(c8ccc(-c9cccc(-c%10nc(-c%11ccccc%11)nc(-c%11ccccc%11)n%10)c9)cc8)(C7)C5)C6)ccc34)cc2)cc1. The molecule has 15 rings (SSSR count). The molecule has 3 nitrogen and oxygen atoms in total. The lowest BCUT2D eigenvalue weighted by atomic mass is 9.41. The fraction of sp³-hybridized carbons (Fsp3) is 0.145. The van der Waals surface area contributed by atoms with E-state index in [-0.39, 0.29) is 10.8 Å². The Morgan fingerprint density at radius 1 is 0.278 bits per heavy atom. The van der Waals surface area contributed by atoms with E-state index in [1.54, 1.807) is 0 Å². The fourth-order valence-electron chi connectivity index (χ4n) is 13.9. The minimum Gasteiger partial charge on any atom is -0.208 e. The van der Waals surface area contributed by atoms with Gasteiger partial charge in [0.2, 0.25) is 0 Å². The standard InChI is InChI=1S/C69H53N3/c1-5-16-48(17-6-1)49-28-30-52(31-29-49)64-61-37-36-58(40-62(61)59-26-13-14-27-60(59)63(64)51-18-7-2-8-19-51)69-43-46-38-47(44-69)42-68(41-46,45-69)57-34-32-50(33-35-57)55-24-15-25-56(39-55)67-71-65(53-20-9-3-10-21-53)70-66(72-67)54-22-11-4-12-23-54/h1-37,39-40,46-47H,38,41-45H2. The van der Waals surface area contributed by atoms with Crippen molar-refractivity contribution in [1.82, 2.24) is 15.0 Å². The summed E-state index contributed by atoms with van der Waals surface area (Å²) in [6.45, 7) is 0. The molecule has 0 N–H and O–H groups in total. The van der Waals surface area contributed by atoms with E-state index in [0.29, 0.717) is 17.5 Å². The number of nitrogens with zero attached hydrogens (tertiary/aromatic N) is 3. The Hall–Kier alpha value is -8.27. The summed E-state index contributed by atoms with van der Waals surface area (Å²) in [4.78, 5) is 15.0. The van der Waals surface area contributed by atoms with E-state index in [2.05, 4.69) is 200 Å². The van der Waals surface area contributed by atoms with E-state index in [0.717, 1.165) is 34.1 Å². The molecule has 4 aliphatic carbocycles. The third-order valence-electron chi connectivity index (χ3n) is 16.7. The number of fused-ring (bicyclic) bond motifs is 3. The molecule has 344 valence electrons. The van der Waals surface area contributed by atoms with Crippen molar-refractivity contribution < 1.29 is 0 Å². The Kier molecular flexibility index (Phi) is 10.2. The van der Waals surface area contributed by atoms with Gasteiger partial charge in [-0.05, 0) is 151 Å². The largest absolute Gasteiger partial charge is 0.208 e. The van der Waals surface area contributed by atoms with E-state index in [1.165, 1.54) is 110 Å². The molecular weight excluding hydrogens is 871 g/mol. The van der Waals surface area contributed by atoms with Gasteiger partial charge in [0.05, 0.1) is 0 Å². The Morgan fingerprint density at radius 3 is 1.26 bits per heavy atom. The van der Waals surface area contributed by atoms with Crippen molar-refractivity contribution in [1.29, 1.82) is 0 Å². The van der Waals surface area contributed by atoms with Crippen molar-refractivity contribution in [3.05, 3.63) is 248 Å². The zero-order valence-electron chi connectivity index (χ0n) is 40.3. The smallest absolute Gasteiger partial charge is 0.164 e. The average molecular weight is 924 g/mol. The van der Waals surface area contributed by atoms with Gasteiger partial charge in [0.25, 0.3) is 0 Å². The molecule has 1 heterocycles. The monoisotopic (exact) mass is 923 g/mol. The van der Waals surface area contributed by atoms with Gasteiger partial charge in [-0.3, -0.25) is 0 Å². The molecule has 1 aromatic heterocycles. The van der Waals surface area contributed by atoms with Crippen molar-refractivity contribution in [3.8, 4) is 78.7 Å². The summed E-state index contributed by atoms with van der Waals surface area (Å²) in [5.41, 5.74) is 16.2. The first-order chi connectivity index (χ1) is 35.5. The maximum atomic E-state index is 5.04. The summed E-state index contributed by atoms with van der Waals surface area (Å²) in [6.07, 6.45) is 7.70. The molecule has 2 atom stereocenters. The van der Waals surface area contributed by atoms with Crippen molar-refractivity contribution in [2.75, 3.05) is 0 Å². The molecule has 0 amide bonds. The average Bonchev–Trinajstić information content (AvgIpc) is 3.45. The van der Waals surface area contributed by atoms with Gasteiger partial charge in [-0.15, -0.1) is 0 Å². The number of benzene rings is 10. The minimum absolute atomic E-state index is 0.143. The third-order valence-corrected chi connectivity index (χ3v) is 16.7. The topological polar surface area (TPSA) is 38.7 Å². The second kappa shape index (κ2) is 17.2. The number of aromatic nitrogens is 3. The fourth-order valence-corrected chi connectivity index (χ4v) is 13.9.